The zero-order valence-corrected chi connectivity index (χ0v) is 18.1. The highest BCUT2D eigenvalue weighted by molar-refractivity contribution is 7.89. The summed E-state index contributed by atoms with van der Waals surface area (Å²) in [6.07, 6.45) is -1.42. The van der Waals surface area contributed by atoms with Crippen molar-refractivity contribution >= 4 is 15.7 Å². The maximum atomic E-state index is 13.0. The van der Waals surface area contributed by atoms with Gasteiger partial charge in [0.25, 0.3) is 6.01 Å². The molecule has 2 aromatic rings. The third-order valence-corrected chi connectivity index (χ3v) is 7.31. The topological polar surface area (TPSA) is 85.3 Å². The average molecular weight is 459 g/mol. The standard InChI is InChI=1S/C20H25F3N4O3S/c1-12-10-27-11-18(26-19(27)30-12)16-9-15(31(28,29)24-2)7-8-17(16)25-14-5-3-13(4-6-14)20(21,22)23/h7-9,11-14,24-25H,3-6,10H2,1-2H3/t12-,13?,14?/m1/s1. The maximum absolute atomic E-state index is 13.0. The highest BCUT2D eigenvalue weighted by Gasteiger charge is 2.41. The van der Waals surface area contributed by atoms with Gasteiger partial charge in [0, 0.05) is 23.5 Å². The lowest BCUT2D eigenvalue weighted by molar-refractivity contribution is -0.182. The Hall–Kier alpha value is -2.27. The third-order valence-electron chi connectivity index (χ3n) is 5.90. The number of hydrogen-bond donors (Lipinski definition) is 2. The Morgan fingerprint density at radius 1 is 1.19 bits per heavy atom. The number of anilines is 1. The third kappa shape index (κ3) is 4.52. The van der Waals surface area contributed by atoms with Gasteiger partial charge in [-0.3, -0.25) is 4.57 Å². The van der Waals surface area contributed by atoms with Crippen molar-refractivity contribution in [2.24, 2.45) is 5.92 Å². The normalized spacial score (nSPS) is 24.0. The van der Waals surface area contributed by atoms with Gasteiger partial charge in [-0.1, -0.05) is 0 Å². The first kappa shape index (κ1) is 21.9. The lowest BCUT2D eigenvalue weighted by atomic mass is 9.85. The van der Waals surface area contributed by atoms with E-state index in [-0.39, 0.29) is 29.9 Å². The van der Waals surface area contributed by atoms with Gasteiger partial charge in [0.2, 0.25) is 10.0 Å². The van der Waals surface area contributed by atoms with E-state index in [1.807, 2.05) is 11.5 Å². The minimum absolute atomic E-state index is 0.00830. The van der Waals surface area contributed by atoms with Gasteiger partial charge >= 0.3 is 6.18 Å². The molecule has 2 aliphatic rings. The number of ether oxygens (including phenoxy) is 1. The Kier molecular flexibility index (Phi) is 5.67. The summed E-state index contributed by atoms with van der Waals surface area (Å²) in [4.78, 5) is 4.58. The first-order valence-electron chi connectivity index (χ1n) is 10.2. The van der Waals surface area contributed by atoms with Gasteiger partial charge < -0.3 is 10.1 Å². The molecule has 7 nitrogen and oxygen atoms in total. The van der Waals surface area contributed by atoms with E-state index in [1.165, 1.54) is 19.2 Å². The van der Waals surface area contributed by atoms with Crippen LogP contribution < -0.4 is 14.8 Å². The van der Waals surface area contributed by atoms with E-state index in [4.69, 9.17) is 4.74 Å². The van der Waals surface area contributed by atoms with E-state index in [9.17, 15) is 21.6 Å². The SMILES string of the molecule is CNS(=O)(=O)c1ccc(NC2CCC(C(F)(F)F)CC2)c(-c2cn3c(n2)O[C@H](C)C3)c1. The summed E-state index contributed by atoms with van der Waals surface area (Å²) in [5, 5.41) is 3.32. The molecule has 0 amide bonds. The molecule has 2 heterocycles. The van der Waals surface area contributed by atoms with E-state index in [0.29, 0.717) is 42.3 Å². The number of fused-ring (bicyclic) bond motifs is 1. The molecule has 0 radical (unpaired) electrons. The van der Waals surface area contributed by atoms with Crippen molar-refractivity contribution in [1.29, 1.82) is 0 Å². The van der Waals surface area contributed by atoms with E-state index < -0.39 is 22.1 Å². The Morgan fingerprint density at radius 2 is 1.90 bits per heavy atom. The molecule has 0 unspecified atom stereocenters. The van der Waals surface area contributed by atoms with Gasteiger partial charge in [0.05, 0.1) is 23.1 Å². The highest BCUT2D eigenvalue weighted by Crippen LogP contribution is 2.39. The van der Waals surface area contributed by atoms with E-state index >= 15 is 0 Å². The Bertz CT molecular complexity index is 1040. The van der Waals surface area contributed by atoms with Gasteiger partial charge in [-0.05, 0) is 57.9 Å². The van der Waals surface area contributed by atoms with Crippen LogP contribution in [0.2, 0.25) is 0 Å². The molecule has 1 aliphatic carbocycles. The molecule has 11 heteroatoms. The number of imidazole rings is 1. The van der Waals surface area contributed by atoms with E-state index in [0.717, 1.165) is 0 Å². The first-order valence-corrected chi connectivity index (χ1v) is 11.7. The van der Waals surface area contributed by atoms with Crippen LogP contribution in [0.25, 0.3) is 11.3 Å². The van der Waals surface area contributed by atoms with Gasteiger partial charge in [0.15, 0.2) is 0 Å². The fourth-order valence-electron chi connectivity index (χ4n) is 4.18. The van der Waals surface area contributed by atoms with Crippen LogP contribution in [-0.2, 0) is 16.6 Å². The molecule has 1 aliphatic heterocycles. The van der Waals surface area contributed by atoms with Crippen molar-refractivity contribution in [2.75, 3.05) is 12.4 Å². The number of benzene rings is 1. The summed E-state index contributed by atoms with van der Waals surface area (Å²) in [5.41, 5.74) is 1.74. The second-order valence-corrected chi connectivity index (χ2v) is 10.0. The molecule has 31 heavy (non-hydrogen) atoms. The predicted molar refractivity (Wildman–Crippen MR) is 109 cm³/mol. The monoisotopic (exact) mass is 458 g/mol. The number of aromatic nitrogens is 2. The van der Waals surface area contributed by atoms with Crippen LogP contribution in [0.5, 0.6) is 6.01 Å². The molecule has 4 rings (SSSR count). The molecule has 170 valence electrons. The number of rotatable bonds is 5. The van der Waals surface area contributed by atoms with Crippen LogP contribution in [-0.4, -0.2) is 43.3 Å². The number of nitrogens with one attached hydrogen (secondary N) is 2. The lowest BCUT2D eigenvalue weighted by Gasteiger charge is -2.31. The quantitative estimate of drug-likeness (QED) is 0.713. The number of hydrogen-bond acceptors (Lipinski definition) is 5. The minimum atomic E-state index is -4.16. The molecule has 1 fully saturated rings. The number of nitrogens with zero attached hydrogens (tertiary/aromatic N) is 2. The Morgan fingerprint density at radius 3 is 2.52 bits per heavy atom. The van der Waals surface area contributed by atoms with Gasteiger partial charge in [-0.2, -0.15) is 18.2 Å². The molecule has 0 saturated heterocycles. The van der Waals surface area contributed by atoms with Crippen LogP contribution in [0.3, 0.4) is 0 Å². The molecule has 1 aromatic heterocycles. The fraction of sp³-hybridized carbons (Fsp3) is 0.550. The van der Waals surface area contributed by atoms with Crippen molar-refractivity contribution in [2.45, 2.75) is 62.4 Å². The van der Waals surface area contributed by atoms with Crippen molar-refractivity contribution in [3.05, 3.63) is 24.4 Å². The van der Waals surface area contributed by atoms with Crippen LogP contribution in [0, 0.1) is 5.92 Å². The second-order valence-electron chi connectivity index (χ2n) is 8.14. The van der Waals surface area contributed by atoms with Crippen molar-refractivity contribution in [3.8, 4) is 17.3 Å². The summed E-state index contributed by atoms with van der Waals surface area (Å²) >= 11 is 0. The minimum Gasteiger partial charge on any atom is -0.460 e. The largest absolute Gasteiger partial charge is 0.460 e. The summed E-state index contributed by atoms with van der Waals surface area (Å²) in [5.74, 6) is -1.26. The smallest absolute Gasteiger partial charge is 0.391 e. The van der Waals surface area contributed by atoms with Gasteiger partial charge in [0.1, 0.15) is 6.10 Å². The number of alkyl halides is 3. The summed E-state index contributed by atoms with van der Waals surface area (Å²) in [6.45, 7) is 2.57. The van der Waals surface area contributed by atoms with Gasteiger partial charge in [-0.15, -0.1) is 0 Å². The summed E-state index contributed by atoms with van der Waals surface area (Å²) in [7, 11) is -2.34. The molecule has 0 spiro atoms. The lowest BCUT2D eigenvalue weighted by Crippen LogP contribution is -2.33. The van der Waals surface area contributed by atoms with Crippen LogP contribution >= 0.6 is 0 Å². The fourth-order valence-corrected chi connectivity index (χ4v) is 4.93. The first-order chi connectivity index (χ1) is 14.6. The molecule has 1 aromatic carbocycles. The van der Waals surface area contributed by atoms with Crippen molar-refractivity contribution in [1.82, 2.24) is 14.3 Å². The average Bonchev–Trinajstić information content (AvgIpc) is 3.25. The van der Waals surface area contributed by atoms with E-state index in [2.05, 4.69) is 15.0 Å². The molecular weight excluding hydrogens is 433 g/mol. The van der Waals surface area contributed by atoms with Crippen LogP contribution in [0.4, 0.5) is 18.9 Å². The molecule has 0 bridgehead atoms. The van der Waals surface area contributed by atoms with Gasteiger partial charge in [-0.25, -0.2) is 13.1 Å². The maximum Gasteiger partial charge on any atom is 0.391 e. The molecule has 1 atom stereocenters. The van der Waals surface area contributed by atoms with E-state index in [1.54, 1.807) is 12.3 Å². The number of halogens is 3. The second kappa shape index (κ2) is 8.01. The highest BCUT2D eigenvalue weighted by atomic mass is 32.2. The van der Waals surface area contributed by atoms with Crippen molar-refractivity contribution < 1.29 is 26.3 Å². The molecule has 1 saturated carbocycles. The molecule has 2 N–H and O–H groups in total. The Labute approximate surface area is 179 Å². The zero-order valence-electron chi connectivity index (χ0n) is 17.2. The summed E-state index contributed by atoms with van der Waals surface area (Å²) in [6, 6.07) is 4.97. The number of sulfonamides is 1. The zero-order chi connectivity index (χ0) is 22.4. The van der Waals surface area contributed by atoms with Crippen LogP contribution in [0.15, 0.2) is 29.3 Å². The molecular formula is C20H25F3N4O3S. The van der Waals surface area contributed by atoms with Crippen molar-refractivity contribution in [3.63, 3.8) is 0 Å². The summed E-state index contributed by atoms with van der Waals surface area (Å²) < 4.78 is 73.3. The predicted octanol–water partition coefficient (Wildman–Crippen LogP) is 3.77. The Balaban J connectivity index is 1.62. The van der Waals surface area contributed by atoms with Crippen LogP contribution in [0.1, 0.15) is 32.6 Å².